The van der Waals surface area contributed by atoms with Gasteiger partial charge >= 0.3 is 0 Å². The maximum absolute atomic E-state index is 13.1. The van der Waals surface area contributed by atoms with Crippen LogP contribution in [0.2, 0.25) is 0 Å². The van der Waals surface area contributed by atoms with Gasteiger partial charge in [-0.25, -0.2) is 24.9 Å². The van der Waals surface area contributed by atoms with Crippen molar-refractivity contribution >= 4 is 28.4 Å². The quantitative estimate of drug-likeness (QED) is 0.550. The number of carbonyl (C=O) groups is 1. The van der Waals surface area contributed by atoms with Crippen LogP contribution in [0, 0.1) is 0 Å². The number of carbonyl (C=O) groups excluding carboxylic acids is 1. The molecule has 0 fully saturated rings. The van der Waals surface area contributed by atoms with E-state index in [0.29, 0.717) is 12.2 Å². The van der Waals surface area contributed by atoms with E-state index in [4.69, 9.17) is 10.5 Å². The van der Waals surface area contributed by atoms with Crippen molar-refractivity contribution in [1.29, 1.82) is 0 Å². The van der Waals surface area contributed by atoms with Crippen LogP contribution in [0.15, 0.2) is 43.2 Å². The van der Waals surface area contributed by atoms with E-state index in [-0.39, 0.29) is 29.8 Å². The predicted molar refractivity (Wildman–Crippen MR) is 110 cm³/mol. The molecule has 30 heavy (non-hydrogen) atoms. The zero-order valence-electron chi connectivity index (χ0n) is 16.2. The van der Waals surface area contributed by atoms with Gasteiger partial charge in [0, 0.05) is 18.0 Å². The highest BCUT2D eigenvalue weighted by Crippen LogP contribution is 2.29. The first kappa shape index (κ1) is 18.0. The van der Waals surface area contributed by atoms with E-state index in [1.807, 2.05) is 29.8 Å². The van der Waals surface area contributed by atoms with Crippen LogP contribution in [-0.4, -0.2) is 48.5 Å². The Hall–Kier alpha value is -4.08. The molecule has 4 aromatic rings. The fraction of sp³-hybridized carbons (Fsp3) is 0.200. The minimum atomic E-state index is -0.315. The molecule has 0 aliphatic carbocycles. The highest BCUT2D eigenvalue weighted by molar-refractivity contribution is 6.11. The van der Waals surface area contributed by atoms with Crippen molar-refractivity contribution in [3.63, 3.8) is 0 Å². The molecule has 1 aliphatic rings. The molecule has 10 nitrogen and oxygen atoms in total. The first-order valence-corrected chi connectivity index (χ1v) is 9.49. The van der Waals surface area contributed by atoms with Crippen molar-refractivity contribution in [2.45, 2.75) is 13.3 Å². The summed E-state index contributed by atoms with van der Waals surface area (Å²) in [6.07, 6.45) is 9.17. The van der Waals surface area contributed by atoms with E-state index >= 15 is 0 Å². The van der Waals surface area contributed by atoms with Crippen molar-refractivity contribution in [3.05, 3.63) is 54.6 Å². The van der Waals surface area contributed by atoms with Crippen LogP contribution >= 0.6 is 0 Å². The van der Waals surface area contributed by atoms with Crippen molar-refractivity contribution < 1.29 is 9.53 Å². The van der Waals surface area contributed by atoms with E-state index in [1.165, 1.54) is 6.33 Å². The van der Waals surface area contributed by atoms with E-state index in [2.05, 4.69) is 24.9 Å². The molecular formula is C20H18N8O2. The van der Waals surface area contributed by atoms with Crippen LogP contribution in [0.5, 0.6) is 5.88 Å². The Bertz CT molecular complexity index is 1250. The fourth-order valence-corrected chi connectivity index (χ4v) is 3.43. The van der Waals surface area contributed by atoms with Gasteiger partial charge in [0.1, 0.15) is 35.8 Å². The summed E-state index contributed by atoms with van der Waals surface area (Å²) in [4.78, 5) is 35.9. The van der Waals surface area contributed by atoms with Crippen LogP contribution in [0.1, 0.15) is 23.1 Å². The maximum Gasteiger partial charge on any atom is 0.267 e. The Balaban J connectivity index is 1.53. The third-order valence-corrected chi connectivity index (χ3v) is 4.96. The second kappa shape index (κ2) is 7.07. The van der Waals surface area contributed by atoms with Crippen LogP contribution in [0.3, 0.4) is 0 Å². The lowest BCUT2D eigenvalue weighted by Gasteiger charge is -2.20. The van der Waals surface area contributed by atoms with Gasteiger partial charge in [0.25, 0.3) is 5.91 Å². The average Bonchev–Trinajstić information content (AvgIpc) is 3.11. The monoisotopic (exact) mass is 402 g/mol. The van der Waals surface area contributed by atoms with E-state index in [0.717, 1.165) is 29.0 Å². The minimum absolute atomic E-state index is 0.0904. The van der Waals surface area contributed by atoms with Gasteiger partial charge in [-0.3, -0.25) is 9.36 Å². The van der Waals surface area contributed by atoms with Gasteiger partial charge < -0.3 is 15.4 Å². The second-order valence-corrected chi connectivity index (χ2v) is 6.75. The molecule has 150 valence electrons. The number of nitrogens with two attached hydrogens (primary N) is 1. The lowest BCUT2D eigenvalue weighted by atomic mass is 10.2. The normalized spacial score (nSPS) is 13.8. The van der Waals surface area contributed by atoms with E-state index in [9.17, 15) is 4.79 Å². The van der Waals surface area contributed by atoms with Crippen LogP contribution < -0.4 is 15.4 Å². The number of fused-ring (bicyclic) bond motifs is 2. The Morgan fingerprint density at radius 2 is 1.90 bits per heavy atom. The third-order valence-electron chi connectivity index (χ3n) is 4.96. The summed E-state index contributed by atoms with van der Waals surface area (Å²) >= 11 is 0. The molecule has 10 heteroatoms. The maximum atomic E-state index is 13.1. The predicted octanol–water partition coefficient (Wildman–Crippen LogP) is 1.79. The number of pyridine rings is 1. The zero-order valence-corrected chi connectivity index (χ0v) is 16.2. The van der Waals surface area contributed by atoms with Crippen molar-refractivity contribution in [1.82, 2.24) is 29.5 Å². The highest BCUT2D eigenvalue weighted by Gasteiger charge is 2.29. The van der Waals surface area contributed by atoms with Gasteiger partial charge in [0.15, 0.2) is 0 Å². The number of anilines is 2. The van der Waals surface area contributed by atoms with Crippen LogP contribution in [0.4, 0.5) is 11.5 Å². The first-order valence-electron chi connectivity index (χ1n) is 9.49. The van der Waals surface area contributed by atoms with Gasteiger partial charge in [0.2, 0.25) is 5.88 Å². The molecule has 2 N–H and O–H groups in total. The molecule has 4 aromatic heterocycles. The Labute approximate surface area is 171 Å². The van der Waals surface area contributed by atoms with E-state index < -0.39 is 0 Å². The molecule has 0 unspecified atom stereocenters. The number of ether oxygens (including phenoxy) is 1. The molecule has 0 saturated carbocycles. The summed E-state index contributed by atoms with van der Waals surface area (Å²) in [6.45, 7) is 2.64. The molecule has 0 atom stereocenters. The molecule has 5 rings (SSSR count). The Morgan fingerprint density at radius 3 is 2.70 bits per heavy atom. The summed E-state index contributed by atoms with van der Waals surface area (Å²) in [5.74, 6) is 0.763. The highest BCUT2D eigenvalue weighted by atomic mass is 16.5. The number of rotatable bonds is 3. The van der Waals surface area contributed by atoms with E-state index in [1.54, 1.807) is 23.5 Å². The lowest BCUT2D eigenvalue weighted by Crippen LogP contribution is -2.32. The molecule has 0 saturated heterocycles. The number of nitrogens with zero attached hydrogens (tertiary/aromatic N) is 7. The number of nitrogen functional groups attached to an aromatic ring is 1. The fourth-order valence-electron chi connectivity index (χ4n) is 3.43. The summed E-state index contributed by atoms with van der Waals surface area (Å²) in [6, 6.07) is 3.84. The summed E-state index contributed by atoms with van der Waals surface area (Å²) < 4.78 is 7.50. The summed E-state index contributed by atoms with van der Waals surface area (Å²) in [7, 11) is 0. The standard InChI is InChI=1S/C20H18N8O2/c1-2-15-22-9-14(10-23-15)27-4-3-12-7-13(8-24-18(12)27)28-5-6-30-19-16(20(28)29)17(21)25-11-26-19/h3-4,7-11H,2,5-6H2,1H3,(H2,21,25,26). The largest absolute Gasteiger partial charge is 0.475 e. The number of amides is 1. The molecule has 1 amide bonds. The van der Waals surface area contributed by atoms with Crippen molar-refractivity contribution in [2.24, 2.45) is 0 Å². The van der Waals surface area contributed by atoms with Crippen molar-refractivity contribution in [2.75, 3.05) is 23.8 Å². The molecule has 0 spiro atoms. The average molecular weight is 402 g/mol. The molecular weight excluding hydrogens is 384 g/mol. The smallest absolute Gasteiger partial charge is 0.267 e. The Morgan fingerprint density at radius 1 is 1.10 bits per heavy atom. The summed E-state index contributed by atoms with van der Waals surface area (Å²) in [5, 5.41) is 0.877. The Kier molecular flexibility index (Phi) is 4.24. The van der Waals surface area contributed by atoms with Gasteiger partial charge in [0.05, 0.1) is 36.5 Å². The second-order valence-electron chi connectivity index (χ2n) is 6.75. The number of hydrogen-bond acceptors (Lipinski definition) is 8. The van der Waals surface area contributed by atoms with Gasteiger partial charge in [-0.1, -0.05) is 6.92 Å². The number of hydrogen-bond donors (Lipinski definition) is 1. The number of aryl methyl sites for hydroxylation is 1. The molecule has 0 bridgehead atoms. The van der Waals surface area contributed by atoms with Gasteiger partial charge in [-0.05, 0) is 12.1 Å². The summed E-state index contributed by atoms with van der Waals surface area (Å²) in [5.41, 5.74) is 8.28. The molecule has 1 aliphatic heterocycles. The zero-order chi connectivity index (χ0) is 20.7. The SMILES string of the molecule is CCc1ncc(-n2ccc3cc(N4CCOc5ncnc(N)c5C4=O)cnc32)cn1. The van der Waals surface area contributed by atoms with Crippen LogP contribution in [-0.2, 0) is 6.42 Å². The van der Waals surface area contributed by atoms with Crippen molar-refractivity contribution in [3.8, 4) is 11.6 Å². The van der Waals surface area contributed by atoms with Crippen LogP contribution in [0.25, 0.3) is 16.7 Å². The number of aromatic nitrogens is 6. The third kappa shape index (κ3) is 2.89. The van der Waals surface area contributed by atoms with Gasteiger partial charge in [-0.15, -0.1) is 0 Å². The molecule has 5 heterocycles. The lowest BCUT2D eigenvalue weighted by molar-refractivity contribution is 0.0990. The molecule has 0 aromatic carbocycles. The topological polar surface area (TPSA) is 125 Å². The van der Waals surface area contributed by atoms with Gasteiger partial charge in [-0.2, -0.15) is 0 Å². The first-order chi connectivity index (χ1) is 14.7. The molecule has 0 radical (unpaired) electrons. The minimum Gasteiger partial charge on any atom is -0.475 e.